The number of carbonyl (C=O) groups is 1. The number of aliphatic hydroxyl groups is 1. The molecule has 0 aromatic carbocycles. The Morgan fingerprint density at radius 2 is 2.12 bits per heavy atom. The van der Waals surface area contributed by atoms with Crippen LogP contribution in [0.3, 0.4) is 0 Å². The van der Waals surface area contributed by atoms with Gasteiger partial charge in [-0.25, -0.2) is 0 Å². The van der Waals surface area contributed by atoms with Crippen LogP contribution in [0.5, 0.6) is 0 Å². The lowest BCUT2D eigenvalue weighted by molar-refractivity contribution is -0.138. The predicted octanol–water partition coefficient (Wildman–Crippen LogP) is -0.182. The Kier molecular flexibility index (Phi) is 5.90. The highest BCUT2D eigenvalue weighted by molar-refractivity contribution is 5.67. The molecule has 0 saturated carbocycles. The van der Waals surface area contributed by atoms with Crippen molar-refractivity contribution in [3.05, 3.63) is 6.92 Å². The van der Waals surface area contributed by atoms with Gasteiger partial charge in [-0.1, -0.05) is 0 Å². The Hall–Kier alpha value is -0.610. The van der Waals surface area contributed by atoms with Gasteiger partial charge >= 0.3 is 5.97 Å². The summed E-state index contributed by atoms with van der Waals surface area (Å²) in [7, 11) is 0. The topological polar surface area (TPSA) is 92.5 Å². The quantitative estimate of drug-likeness (QED) is 0.471. The molecule has 1 radical (unpaired) electrons. The molecule has 0 aromatic rings. The number of carboxylic acids is 1. The molecule has 49 valence electrons. The lowest BCUT2D eigenvalue weighted by Gasteiger charge is -1.93. The van der Waals surface area contributed by atoms with Crippen LogP contribution < -0.4 is 6.15 Å². The maximum absolute atomic E-state index is 9.61. The number of hydrogen-bond acceptors (Lipinski definition) is 3. The molecule has 0 spiro atoms. The van der Waals surface area contributed by atoms with Gasteiger partial charge in [-0.3, -0.25) is 4.79 Å². The third-order valence-electron chi connectivity index (χ3n) is 0.410. The number of aliphatic hydroxyl groups excluding tert-OH is 1. The first-order chi connectivity index (χ1) is 3.13. The van der Waals surface area contributed by atoms with Crippen LogP contribution >= 0.6 is 0 Å². The van der Waals surface area contributed by atoms with Crippen molar-refractivity contribution >= 4 is 5.97 Å². The summed E-state index contributed by atoms with van der Waals surface area (Å²) >= 11 is 0. The van der Waals surface area contributed by atoms with E-state index in [1.165, 1.54) is 0 Å². The van der Waals surface area contributed by atoms with E-state index in [2.05, 4.69) is 6.92 Å². The first-order valence-corrected chi connectivity index (χ1v) is 1.86. The van der Waals surface area contributed by atoms with Gasteiger partial charge in [0.2, 0.25) is 0 Å². The summed E-state index contributed by atoms with van der Waals surface area (Å²) in [4.78, 5) is 9.61. The van der Waals surface area contributed by atoms with Crippen molar-refractivity contribution in [2.45, 2.75) is 12.5 Å². The van der Waals surface area contributed by atoms with Crippen molar-refractivity contribution < 1.29 is 15.0 Å². The molecule has 4 heteroatoms. The molecule has 0 amide bonds. The highest BCUT2D eigenvalue weighted by atomic mass is 16.4. The van der Waals surface area contributed by atoms with Crippen molar-refractivity contribution in [1.82, 2.24) is 6.15 Å². The van der Waals surface area contributed by atoms with Crippen LogP contribution in [0, 0.1) is 6.92 Å². The molecule has 0 bridgehead atoms. The largest absolute Gasteiger partial charge is 0.481 e. The molecule has 0 aromatic heterocycles. The number of hydrogen-bond donors (Lipinski definition) is 3. The van der Waals surface area contributed by atoms with Crippen LogP contribution in [-0.4, -0.2) is 22.3 Å². The maximum atomic E-state index is 9.61. The molecular weight excluding hydrogens is 110 g/mol. The van der Waals surface area contributed by atoms with E-state index in [4.69, 9.17) is 10.2 Å². The van der Waals surface area contributed by atoms with E-state index in [1.807, 2.05) is 0 Å². The average molecular weight is 120 g/mol. The lowest BCUT2D eigenvalue weighted by atomic mass is 10.3. The van der Waals surface area contributed by atoms with Crippen molar-refractivity contribution in [2.75, 3.05) is 0 Å². The molecule has 1 unspecified atom stereocenters. The van der Waals surface area contributed by atoms with E-state index in [0.717, 1.165) is 0 Å². The minimum atomic E-state index is -1.03. The van der Waals surface area contributed by atoms with Crippen LogP contribution in [0.2, 0.25) is 0 Å². The Morgan fingerprint density at radius 1 is 1.75 bits per heavy atom. The number of aliphatic carboxylic acids is 1. The highest BCUT2D eigenvalue weighted by Gasteiger charge is 2.00. The molecule has 4 nitrogen and oxygen atoms in total. The Balaban J connectivity index is 0. The SMILES string of the molecule is N.[CH2]C(O)CC(=O)O. The van der Waals surface area contributed by atoms with Gasteiger partial charge in [-0.2, -0.15) is 0 Å². The zero-order valence-corrected chi connectivity index (χ0v) is 4.50. The second-order valence-corrected chi connectivity index (χ2v) is 1.25. The fourth-order valence-corrected chi connectivity index (χ4v) is 0.202. The first-order valence-electron chi connectivity index (χ1n) is 1.86. The number of rotatable bonds is 2. The normalized spacial score (nSPS) is 11.8. The third-order valence-corrected chi connectivity index (χ3v) is 0.410. The fraction of sp³-hybridized carbons (Fsp3) is 0.500. The summed E-state index contributed by atoms with van der Waals surface area (Å²) in [5, 5.41) is 16.1. The maximum Gasteiger partial charge on any atom is 0.305 e. The second-order valence-electron chi connectivity index (χ2n) is 1.25. The summed E-state index contributed by atoms with van der Waals surface area (Å²) in [6, 6.07) is 0. The molecule has 0 aliphatic carbocycles. The van der Waals surface area contributed by atoms with Crippen molar-refractivity contribution in [1.29, 1.82) is 0 Å². The van der Waals surface area contributed by atoms with Gasteiger partial charge in [-0.15, -0.1) is 0 Å². The smallest absolute Gasteiger partial charge is 0.305 e. The van der Waals surface area contributed by atoms with Crippen LogP contribution in [0.4, 0.5) is 0 Å². The standard InChI is InChI=1S/C4H7O3.H3N/c1-3(5)2-4(6)7;/h3,5H,1-2H2,(H,6,7);1H3. The van der Waals surface area contributed by atoms with Crippen molar-refractivity contribution in [2.24, 2.45) is 0 Å². The third kappa shape index (κ3) is 9.04. The Bertz CT molecular complexity index is 71.7. The minimum absolute atomic E-state index is 0. The summed E-state index contributed by atoms with van der Waals surface area (Å²) in [5.74, 6) is -1.03. The van der Waals surface area contributed by atoms with Crippen LogP contribution in [0.1, 0.15) is 6.42 Å². The first kappa shape index (κ1) is 10.4. The van der Waals surface area contributed by atoms with Gasteiger partial charge in [-0.05, 0) is 6.92 Å². The number of carboxylic acid groups (broad SMARTS) is 1. The van der Waals surface area contributed by atoms with Gasteiger partial charge in [0.05, 0.1) is 12.5 Å². The van der Waals surface area contributed by atoms with Crippen molar-refractivity contribution in [3.63, 3.8) is 0 Å². The van der Waals surface area contributed by atoms with Crippen LogP contribution in [0.25, 0.3) is 0 Å². The fourth-order valence-electron chi connectivity index (χ4n) is 0.202. The van der Waals surface area contributed by atoms with E-state index >= 15 is 0 Å². The average Bonchev–Trinajstić information content (AvgIpc) is 1.27. The van der Waals surface area contributed by atoms with E-state index < -0.39 is 12.1 Å². The van der Waals surface area contributed by atoms with Gasteiger partial charge in [0.15, 0.2) is 0 Å². The van der Waals surface area contributed by atoms with E-state index in [9.17, 15) is 4.79 Å². The monoisotopic (exact) mass is 120 g/mol. The molecule has 1 atom stereocenters. The van der Waals surface area contributed by atoms with Crippen LogP contribution in [-0.2, 0) is 4.79 Å². The van der Waals surface area contributed by atoms with Crippen molar-refractivity contribution in [3.8, 4) is 0 Å². The minimum Gasteiger partial charge on any atom is -0.481 e. The highest BCUT2D eigenvalue weighted by Crippen LogP contribution is 1.85. The molecule has 0 aliphatic rings. The van der Waals surface area contributed by atoms with E-state index in [0.29, 0.717) is 0 Å². The molecule has 5 N–H and O–H groups in total. The van der Waals surface area contributed by atoms with E-state index in [1.54, 1.807) is 0 Å². The van der Waals surface area contributed by atoms with Crippen LogP contribution in [0.15, 0.2) is 0 Å². The van der Waals surface area contributed by atoms with E-state index in [-0.39, 0.29) is 12.6 Å². The summed E-state index contributed by atoms with van der Waals surface area (Å²) in [5.41, 5.74) is 0. The molecule has 0 heterocycles. The zero-order valence-electron chi connectivity index (χ0n) is 4.50. The Labute approximate surface area is 47.7 Å². The lowest BCUT2D eigenvalue weighted by Crippen LogP contribution is -2.07. The second kappa shape index (κ2) is 4.55. The molecule has 0 fully saturated rings. The summed E-state index contributed by atoms with van der Waals surface area (Å²) in [6.45, 7) is 3.05. The summed E-state index contributed by atoms with van der Waals surface area (Å²) < 4.78 is 0. The molecule has 8 heavy (non-hydrogen) atoms. The van der Waals surface area contributed by atoms with Gasteiger partial charge in [0.25, 0.3) is 0 Å². The van der Waals surface area contributed by atoms with Gasteiger partial charge in [0, 0.05) is 0 Å². The molecule has 0 saturated heterocycles. The molecule has 0 aliphatic heterocycles. The predicted molar refractivity (Wildman–Crippen MR) is 28.6 cm³/mol. The van der Waals surface area contributed by atoms with Gasteiger partial charge < -0.3 is 16.4 Å². The molecular formula is C4H10NO3. The summed E-state index contributed by atoms with van der Waals surface area (Å²) in [6.07, 6.45) is -1.25. The van der Waals surface area contributed by atoms with Gasteiger partial charge in [0.1, 0.15) is 0 Å². The molecule has 0 rings (SSSR count). The Morgan fingerprint density at radius 3 is 2.12 bits per heavy atom. The zero-order chi connectivity index (χ0) is 5.86.